The standard InChI is InChI=1S/C11H23N3.C10H21N3.2C9H20N2.C9H19N.CH4/c1-9(2)14-7-5-11(6-8-14)13(4)10(3)12;1-8(2)13-6-4-10(5-7-13)12-9(3)11;1-8(2)11-6-4-9(10-3)5-7-11;1-4-10-5-7-11(8-6-10)9(2)3;1-8(2)10-6-4-9(3)5-7-10;/h9,11H,3,5-8,12H2,1-2,4H3;8,10,12H,3-7,11H2,1-2H3;8-10H,4-7H2,1-3H3;9H,4-8H2,1-3H3;8-9H,4-7H2,1-3H3;1H4. The zero-order valence-corrected chi connectivity index (χ0v) is 41.7. The Labute approximate surface area is 375 Å². The van der Waals surface area contributed by atoms with E-state index in [0.717, 1.165) is 30.1 Å². The van der Waals surface area contributed by atoms with Crippen LogP contribution in [0, 0.1) is 5.92 Å². The zero-order chi connectivity index (χ0) is 44.7. The Bertz CT molecular complexity index is 1010. The van der Waals surface area contributed by atoms with E-state index in [2.05, 4.69) is 148 Å². The van der Waals surface area contributed by atoms with Crippen LogP contribution in [0.5, 0.6) is 0 Å². The molecule has 358 valence electrons. The van der Waals surface area contributed by atoms with Crippen molar-refractivity contribution >= 4 is 0 Å². The Morgan fingerprint density at radius 1 is 0.550 bits per heavy atom. The highest BCUT2D eigenvalue weighted by Gasteiger charge is 2.24. The lowest BCUT2D eigenvalue weighted by Crippen LogP contribution is -2.48. The molecule has 0 aromatic carbocycles. The molecule has 5 heterocycles. The number of nitrogens with two attached hydrogens (primary N) is 2. The Balaban J connectivity index is 0.000000726. The van der Waals surface area contributed by atoms with Gasteiger partial charge in [-0.3, -0.25) is 4.90 Å². The SMILES string of the molecule is C.C=C(N)N(C)C1CCN(C(C)C)CC1.C=C(N)NC1CCN(C(C)C)CC1.CC1CCN(C(C)C)CC1.CCN1CCN(C(C)C)CC1.CNC1CCN(C(C)C)CC1. The van der Waals surface area contributed by atoms with Gasteiger partial charge in [0.05, 0.1) is 11.6 Å². The summed E-state index contributed by atoms with van der Waals surface area (Å²) in [6.45, 7) is 50.8. The molecule has 0 aromatic rings. The van der Waals surface area contributed by atoms with Crippen LogP contribution in [0.15, 0.2) is 24.8 Å². The number of hydrogen-bond donors (Lipinski definition) is 4. The number of piperidine rings is 4. The van der Waals surface area contributed by atoms with Gasteiger partial charge < -0.3 is 51.5 Å². The van der Waals surface area contributed by atoms with E-state index in [1.54, 1.807) is 0 Å². The van der Waals surface area contributed by atoms with Crippen molar-refractivity contribution in [3.63, 3.8) is 0 Å². The second-order valence-corrected chi connectivity index (χ2v) is 19.6. The topological polar surface area (TPSA) is 98.8 Å². The maximum absolute atomic E-state index is 5.68. The number of hydrogen-bond acceptors (Lipinski definition) is 11. The Morgan fingerprint density at radius 3 is 1.17 bits per heavy atom. The van der Waals surface area contributed by atoms with Crippen LogP contribution in [0.4, 0.5) is 0 Å². The third kappa shape index (κ3) is 24.3. The fraction of sp³-hybridized carbons (Fsp3) is 0.918. The van der Waals surface area contributed by atoms with Crippen molar-refractivity contribution in [3.05, 3.63) is 24.8 Å². The molecule has 0 saturated carbocycles. The molecule has 0 amide bonds. The van der Waals surface area contributed by atoms with Crippen molar-refractivity contribution in [2.24, 2.45) is 17.4 Å². The van der Waals surface area contributed by atoms with Crippen molar-refractivity contribution in [1.82, 2.24) is 44.9 Å². The van der Waals surface area contributed by atoms with Gasteiger partial charge in [-0.2, -0.15) is 0 Å². The molecule has 0 unspecified atom stereocenters. The van der Waals surface area contributed by atoms with Gasteiger partial charge >= 0.3 is 0 Å². The number of nitrogens with one attached hydrogen (secondary N) is 2. The Kier molecular flexibility index (Phi) is 31.3. The van der Waals surface area contributed by atoms with E-state index in [1.165, 1.54) is 136 Å². The predicted molar refractivity (Wildman–Crippen MR) is 266 cm³/mol. The summed E-state index contributed by atoms with van der Waals surface area (Å²) in [4.78, 5) is 17.3. The third-order valence-corrected chi connectivity index (χ3v) is 13.7. The van der Waals surface area contributed by atoms with E-state index >= 15 is 0 Å². The summed E-state index contributed by atoms with van der Waals surface area (Å²) >= 11 is 0. The monoisotopic (exact) mass is 850 g/mol. The molecular formula is C49H107N11. The number of nitrogens with zero attached hydrogens (tertiary/aromatic N) is 7. The van der Waals surface area contributed by atoms with E-state index in [9.17, 15) is 0 Å². The summed E-state index contributed by atoms with van der Waals surface area (Å²) in [5, 5.41) is 6.53. The highest BCUT2D eigenvalue weighted by Crippen LogP contribution is 2.19. The first-order valence-corrected chi connectivity index (χ1v) is 24.3. The van der Waals surface area contributed by atoms with Gasteiger partial charge in [0.1, 0.15) is 0 Å². The van der Waals surface area contributed by atoms with Gasteiger partial charge in [0.25, 0.3) is 0 Å². The van der Waals surface area contributed by atoms with Crippen LogP contribution in [0.3, 0.4) is 0 Å². The number of likely N-dealkylation sites (N-methyl/N-ethyl adjacent to an activating group) is 1. The van der Waals surface area contributed by atoms with E-state index in [0.29, 0.717) is 35.8 Å². The summed E-state index contributed by atoms with van der Waals surface area (Å²) in [5.41, 5.74) is 11.2. The van der Waals surface area contributed by atoms with Crippen molar-refractivity contribution in [2.45, 2.75) is 190 Å². The van der Waals surface area contributed by atoms with E-state index < -0.39 is 0 Å². The van der Waals surface area contributed by atoms with Gasteiger partial charge in [0.2, 0.25) is 0 Å². The van der Waals surface area contributed by atoms with E-state index in [-0.39, 0.29) is 7.43 Å². The predicted octanol–water partition coefficient (Wildman–Crippen LogP) is 6.97. The summed E-state index contributed by atoms with van der Waals surface area (Å²) in [6, 6.07) is 5.44. The second-order valence-electron chi connectivity index (χ2n) is 19.6. The summed E-state index contributed by atoms with van der Waals surface area (Å²) in [7, 11) is 4.10. The van der Waals surface area contributed by atoms with Gasteiger partial charge in [-0.05, 0) is 166 Å². The van der Waals surface area contributed by atoms with Crippen LogP contribution >= 0.6 is 0 Å². The maximum atomic E-state index is 5.68. The molecule has 0 radical (unpaired) electrons. The van der Waals surface area contributed by atoms with Crippen LogP contribution in [0.25, 0.3) is 0 Å². The minimum absolute atomic E-state index is 0. The van der Waals surface area contributed by atoms with Gasteiger partial charge in [-0.15, -0.1) is 0 Å². The Morgan fingerprint density at radius 2 is 0.867 bits per heavy atom. The van der Waals surface area contributed by atoms with Crippen LogP contribution in [0.2, 0.25) is 0 Å². The van der Waals surface area contributed by atoms with Gasteiger partial charge in [0.15, 0.2) is 0 Å². The minimum atomic E-state index is 0. The molecule has 60 heavy (non-hydrogen) atoms. The molecule has 0 bridgehead atoms. The van der Waals surface area contributed by atoms with E-state index in [1.807, 2.05) is 7.05 Å². The molecule has 0 atom stereocenters. The molecule has 5 fully saturated rings. The third-order valence-electron chi connectivity index (χ3n) is 13.7. The fourth-order valence-corrected chi connectivity index (χ4v) is 8.69. The minimum Gasteiger partial charge on any atom is -0.386 e. The van der Waals surface area contributed by atoms with Crippen molar-refractivity contribution in [2.75, 3.05) is 99.2 Å². The normalized spacial score (nSPS) is 21.5. The lowest BCUT2D eigenvalue weighted by Gasteiger charge is -2.39. The van der Waals surface area contributed by atoms with Gasteiger partial charge in [-0.1, -0.05) is 34.4 Å². The highest BCUT2D eigenvalue weighted by atomic mass is 15.3. The van der Waals surface area contributed by atoms with Crippen molar-refractivity contribution < 1.29 is 0 Å². The van der Waals surface area contributed by atoms with Crippen LogP contribution in [0.1, 0.15) is 142 Å². The first kappa shape index (κ1) is 58.4. The van der Waals surface area contributed by atoms with E-state index in [4.69, 9.17) is 11.5 Å². The number of likely N-dealkylation sites (tertiary alicyclic amines) is 4. The molecule has 5 aliphatic rings. The second kappa shape index (κ2) is 32.1. The number of piperazine rings is 1. The van der Waals surface area contributed by atoms with Crippen LogP contribution in [-0.2, 0) is 0 Å². The molecule has 11 heteroatoms. The largest absolute Gasteiger partial charge is 0.386 e. The molecule has 5 aliphatic heterocycles. The number of rotatable bonds is 11. The molecule has 11 nitrogen and oxygen atoms in total. The molecule has 5 rings (SSSR count). The molecular weight excluding hydrogens is 743 g/mol. The lowest BCUT2D eigenvalue weighted by molar-refractivity contribution is 0.112. The maximum Gasteiger partial charge on any atom is 0.0912 e. The van der Waals surface area contributed by atoms with Crippen LogP contribution in [-0.4, -0.2) is 182 Å². The molecule has 6 N–H and O–H groups in total. The van der Waals surface area contributed by atoms with Gasteiger partial charge in [-0.25, -0.2) is 0 Å². The Hall–Kier alpha value is -1.60. The summed E-state index contributed by atoms with van der Waals surface area (Å²) < 4.78 is 0. The fourth-order valence-electron chi connectivity index (χ4n) is 8.69. The van der Waals surface area contributed by atoms with Crippen molar-refractivity contribution in [1.29, 1.82) is 0 Å². The summed E-state index contributed by atoms with van der Waals surface area (Å²) in [5.74, 6) is 2.26. The molecule has 0 spiro atoms. The highest BCUT2D eigenvalue weighted by molar-refractivity contribution is 4.92. The molecule has 0 aromatic heterocycles. The smallest absolute Gasteiger partial charge is 0.0912 e. The first-order chi connectivity index (χ1) is 27.8. The molecule has 5 saturated heterocycles. The van der Waals surface area contributed by atoms with Gasteiger partial charge in [0, 0.05) is 108 Å². The average Bonchev–Trinajstić information content (AvgIpc) is 3.21. The zero-order valence-electron chi connectivity index (χ0n) is 41.7. The quantitative estimate of drug-likeness (QED) is 0.174. The lowest BCUT2D eigenvalue weighted by atomic mass is 9.98. The first-order valence-electron chi connectivity index (χ1n) is 24.3. The average molecular weight is 850 g/mol. The van der Waals surface area contributed by atoms with Crippen molar-refractivity contribution in [3.8, 4) is 0 Å². The van der Waals surface area contributed by atoms with Crippen LogP contribution < -0.4 is 22.1 Å². The summed E-state index contributed by atoms with van der Waals surface area (Å²) in [6.07, 6.45) is 10.2. The molecule has 0 aliphatic carbocycles.